The van der Waals surface area contributed by atoms with E-state index < -0.39 is 0 Å². The van der Waals surface area contributed by atoms with Crippen LogP contribution in [0.4, 0.5) is 5.82 Å². The van der Waals surface area contributed by atoms with Crippen LogP contribution in [-0.4, -0.2) is 20.5 Å². The monoisotopic (exact) mass is 362 g/mol. The van der Waals surface area contributed by atoms with Gasteiger partial charge >= 0.3 is 0 Å². The molecule has 1 aliphatic carbocycles. The molecule has 6 heteroatoms. The molecule has 1 N–H and O–H groups in total. The van der Waals surface area contributed by atoms with Gasteiger partial charge in [0.05, 0.1) is 5.69 Å². The van der Waals surface area contributed by atoms with Crippen LogP contribution in [-0.2, 0) is 4.79 Å². The predicted molar refractivity (Wildman–Crippen MR) is 102 cm³/mol. The number of rotatable bonds is 2. The van der Waals surface area contributed by atoms with Gasteiger partial charge in [-0.1, -0.05) is 6.07 Å². The number of nitrogens with one attached hydrogen (secondary N) is 1. The van der Waals surface area contributed by atoms with Crippen LogP contribution in [0.15, 0.2) is 52.5 Å². The SMILES string of the molecule is Cc1nn(-c2ccccn2)c2c1[C@@H](c1ccsc1)C1=C(CCCC1=O)N2. The lowest BCUT2D eigenvalue weighted by Gasteiger charge is -2.32. The molecule has 130 valence electrons. The van der Waals surface area contributed by atoms with Gasteiger partial charge in [-0.3, -0.25) is 4.79 Å². The van der Waals surface area contributed by atoms with Crippen LogP contribution >= 0.6 is 11.3 Å². The van der Waals surface area contributed by atoms with Gasteiger partial charge in [-0.25, -0.2) is 4.98 Å². The third kappa shape index (κ3) is 2.25. The van der Waals surface area contributed by atoms with E-state index in [1.54, 1.807) is 17.5 Å². The molecule has 1 aliphatic heterocycles. The fraction of sp³-hybridized carbons (Fsp3) is 0.250. The molecule has 0 spiro atoms. The van der Waals surface area contributed by atoms with E-state index in [9.17, 15) is 4.79 Å². The largest absolute Gasteiger partial charge is 0.343 e. The lowest BCUT2D eigenvalue weighted by molar-refractivity contribution is -0.116. The van der Waals surface area contributed by atoms with Crippen molar-refractivity contribution in [3.63, 3.8) is 0 Å². The molecule has 4 heterocycles. The number of fused-ring (bicyclic) bond motifs is 1. The fourth-order valence-electron chi connectivity index (χ4n) is 4.04. The molecule has 5 rings (SSSR count). The summed E-state index contributed by atoms with van der Waals surface area (Å²) in [5.41, 5.74) is 5.15. The summed E-state index contributed by atoms with van der Waals surface area (Å²) in [7, 11) is 0. The van der Waals surface area contributed by atoms with Gasteiger partial charge in [0.25, 0.3) is 0 Å². The summed E-state index contributed by atoms with van der Waals surface area (Å²) in [6, 6.07) is 7.92. The van der Waals surface area contributed by atoms with Gasteiger partial charge in [0.15, 0.2) is 11.6 Å². The Bertz CT molecular complexity index is 1020. The number of Topliss-reactive ketones (excluding diaryl/α,β-unsaturated/α-hetero) is 1. The van der Waals surface area contributed by atoms with Crippen molar-refractivity contribution in [2.24, 2.45) is 0 Å². The molecule has 0 aromatic carbocycles. The summed E-state index contributed by atoms with van der Waals surface area (Å²) in [6.07, 6.45) is 4.19. The highest BCUT2D eigenvalue weighted by molar-refractivity contribution is 7.08. The van der Waals surface area contributed by atoms with Crippen LogP contribution < -0.4 is 5.32 Å². The number of allylic oxidation sites excluding steroid dienone is 2. The molecule has 3 aromatic rings. The number of hydrogen-bond acceptors (Lipinski definition) is 5. The standard InChI is InChI=1S/C20H18N4OS/c1-12-17-18(13-8-10-26-11-13)19-14(5-4-6-15(19)25)22-20(17)24(23-12)16-7-2-3-9-21-16/h2-3,7-11,18,22H,4-6H2,1H3/t18-/m1/s1. The maximum absolute atomic E-state index is 12.8. The van der Waals surface area contributed by atoms with Crippen LogP contribution in [0.3, 0.4) is 0 Å². The number of thiophene rings is 1. The van der Waals surface area contributed by atoms with E-state index in [0.29, 0.717) is 6.42 Å². The Morgan fingerprint density at radius 2 is 2.19 bits per heavy atom. The normalized spacial score (nSPS) is 19.1. The van der Waals surface area contributed by atoms with Gasteiger partial charge in [0.2, 0.25) is 0 Å². The molecule has 0 saturated carbocycles. The highest BCUT2D eigenvalue weighted by atomic mass is 32.1. The second-order valence-corrected chi connectivity index (χ2v) is 7.51. The van der Waals surface area contributed by atoms with Crippen molar-refractivity contribution in [2.75, 3.05) is 5.32 Å². The van der Waals surface area contributed by atoms with Gasteiger partial charge in [-0.05, 0) is 54.3 Å². The van der Waals surface area contributed by atoms with Gasteiger partial charge in [0, 0.05) is 35.4 Å². The summed E-state index contributed by atoms with van der Waals surface area (Å²) in [6.45, 7) is 2.01. The Morgan fingerprint density at radius 1 is 1.27 bits per heavy atom. The van der Waals surface area contributed by atoms with E-state index in [4.69, 9.17) is 5.10 Å². The third-order valence-electron chi connectivity index (χ3n) is 5.15. The highest BCUT2D eigenvalue weighted by Crippen LogP contribution is 2.47. The van der Waals surface area contributed by atoms with Crippen LogP contribution in [0.1, 0.15) is 42.0 Å². The lowest BCUT2D eigenvalue weighted by Crippen LogP contribution is -2.27. The van der Waals surface area contributed by atoms with Crippen molar-refractivity contribution in [2.45, 2.75) is 32.1 Å². The Balaban J connectivity index is 1.76. The van der Waals surface area contributed by atoms with Crippen molar-refractivity contribution in [3.8, 4) is 5.82 Å². The molecular formula is C20H18N4OS. The fourth-order valence-corrected chi connectivity index (χ4v) is 4.72. The van der Waals surface area contributed by atoms with Crippen LogP contribution in [0, 0.1) is 6.92 Å². The second-order valence-electron chi connectivity index (χ2n) is 6.73. The maximum atomic E-state index is 12.8. The predicted octanol–water partition coefficient (Wildman–Crippen LogP) is 4.20. The Hall–Kier alpha value is -2.73. The number of nitrogens with zero attached hydrogens (tertiary/aromatic N) is 3. The van der Waals surface area contributed by atoms with Crippen molar-refractivity contribution < 1.29 is 4.79 Å². The molecule has 1 atom stereocenters. The van der Waals surface area contributed by atoms with E-state index in [0.717, 1.165) is 47.0 Å². The zero-order valence-corrected chi connectivity index (χ0v) is 15.2. The molecule has 0 fully saturated rings. The van der Waals surface area contributed by atoms with E-state index >= 15 is 0 Å². The molecule has 0 bridgehead atoms. The summed E-state index contributed by atoms with van der Waals surface area (Å²) < 4.78 is 1.87. The molecule has 5 nitrogen and oxygen atoms in total. The number of anilines is 1. The van der Waals surface area contributed by atoms with Crippen molar-refractivity contribution >= 4 is 22.9 Å². The number of aromatic nitrogens is 3. The zero-order valence-electron chi connectivity index (χ0n) is 14.4. The first-order valence-electron chi connectivity index (χ1n) is 8.80. The van der Waals surface area contributed by atoms with E-state index in [2.05, 4.69) is 27.1 Å². The molecule has 0 saturated heterocycles. The zero-order chi connectivity index (χ0) is 17.7. The first-order chi connectivity index (χ1) is 12.7. The van der Waals surface area contributed by atoms with Crippen LogP contribution in [0.5, 0.6) is 0 Å². The summed E-state index contributed by atoms with van der Waals surface area (Å²) in [5.74, 6) is 1.92. The third-order valence-corrected chi connectivity index (χ3v) is 5.85. The highest BCUT2D eigenvalue weighted by Gasteiger charge is 2.38. The number of carbonyl (C=O) groups is 1. The van der Waals surface area contributed by atoms with Gasteiger partial charge in [-0.2, -0.15) is 21.1 Å². The first kappa shape index (κ1) is 15.5. The summed E-state index contributed by atoms with van der Waals surface area (Å²) in [5, 5.41) is 12.5. The van der Waals surface area contributed by atoms with Crippen molar-refractivity contribution in [3.05, 3.63) is 69.3 Å². The number of aryl methyl sites for hydroxylation is 1. The average molecular weight is 362 g/mol. The molecule has 0 amide bonds. The van der Waals surface area contributed by atoms with Crippen LogP contribution in [0.25, 0.3) is 5.82 Å². The van der Waals surface area contributed by atoms with Gasteiger partial charge in [0.1, 0.15) is 5.82 Å². The molecule has 3 aromatic heterocycles. The quantitative estimate of drug-likeness (QED) is 0.742. The van der Waals surface area contributed by atoms with Crippen molar-refractivity contribution in [1.82, 2.24) is 14.8 Å². The Morgan fingerprint density at radius 3 is 2.96 bits per heavy atom. The Labute approximate surface area is 155 Å². The van der Waals surface area contributed by atoms with E-state index in [1.807, 2.05) is 29.8 Å². The van der Waals surface area contributed by atoms with Crippen LogP contribution in [0.2, 0.25) is 0 Å². The number of ketones is 1. The minimum Gasteiger partial charge on any atom is -0.343 e. The maximum Gasteiger partial charge on any atom is 0.161 e. The lowest BCUT2D eigenvalue weighted by atomic mass is 9.77. The molecule has 2 aliphatic rings. The average Bonchev–Trinajstić information content (AvgIpc) is 3.30. The Kier molecular flexibility index (Phi) is 3.53. The first-order valence-corrected chi connectivity index (χ1v) is 9.74. The molecule has 0 radical (unpaired) electrons. The minimum absolute atomic E-state index is 0.0437. The smallest absolute Gasteiger partial charge is 0.161 e. The minimum atomic E-state index is -0.0437. The number of carbonyl (C=O) groups excluding carboxylic acids is 1. The molecule has 0 unspecified atom stereocenters. The van der Waals surface area contributed by atoms with Crippen molar-refractivity contribution in [1.29, 1.82) is 0 Å². The van der Waals surface area contributed by atoms with Gasteiger partial charge in [-0.15, -0.1) is 0 Å². The summed E-state index contributed by atoms with van der Waals surface area (Å²) >= 11 is 1.66. The summed E-state index contributed by atoms with van der Waals surface area (Å²) in [4.78, 5) is 17.3. The molecule has 26 heavy (non-hydrogen) atoms. The number of hydrogen-bond donors (Lipinski definition) is 1. The number of pyridine rings is 1. The second kappa shape index (κ2) is 5.92. The van der Waals surface area contributed by atoms with E-state index in [-0.39, 0.29) is 11.7 Å². The topological polar surface area (TPSA) is 59.8 Å². The van der Waals surface area contributed by atoms with Gasteiger partial charge < -0.3 is 5.32 Å². The van der Waals surface area contributed by atoms with E-state index in [1.165, 1.54) is 5.56 Å². The molecular weight excluding hydrogens is 344 g/mol.